The Kier molecular flexibility index (Phi) is 5.24. The summed E-state index contributed by atoms with van der Waals surface area (Å²) in [6.07, 6.45) is 4.84. The van der Waals surface area contributed by atoms with Gasteiger partial charge in [0.1, 0.15) is 12.6 Å². The lowest BCUT2D eigenvalue weighted by Gasteiger charge is -2.32. The Bertz CT molecular complexity index is 1120. The number of nitriles is 1. The number of anilines is 1. The smallest absolute Gasteiger partial charge is 0.408 e. The van der Waals surface area contributed by atoms with E-state index in [-0.39, 0.29) is 12.5 Å². The van der Waals surface area contributed by atoms with E-state index >= 15 is 0 Å². The van der Waals surface area contributed by atoms with Gasteiger partial charge in [-0.3, -0.25) is 9.36 Å². The predicted octanol–water partition coefficient (Wildman–Crippen LogP) is 1.29. The van der Waals surface area contributed by atoms with Crippen LogP contribution >= 0.6 is 0 Å². The topological polar surface area (TPSA) is 117 Å². The van der Waals surface area contributed by atoms with Gasteiger partial charge in [-0.2, -0.15) is 5.26 Å². The van der Waals surface area contributed by atoms with E-state index in [4.69, 9.17) is 4.42 Å². The third kappa shape index (κ3) is 3.96. The Labute approximate surface area is 166 Å². The molecular formula is C20H20N6O3. The number of rotatable bonds is 5. The molecule has 0 aliphatic carbocycles. The monoisotopic (exact) mass is 392 g/mol. The van der Waals surface area contributed by atoms with Gasteiger partial charge in [-0.25, -0.2) is 14.8 Å². The Morgan fingerprint density at radius 3 is 2.79 bits per heavy atom. The summed E-state index contributed by atoms with van der Waals surface area (Å²) in [5, 5.41) is 12.1. The summed E-state index contributed by atoms with van der Waals surface area (Å²) < 4.78 is 6.49. The van der Waals surface area contributed by atoms with Gasteiger partial charge in [-0.15, -0.1) is 0 Å². The highest BCUT2D eigenvalue weighted by molar-refractivity contribution is 5.79. The molecule has 1 aliphatic heterocycles. The molecule has 3 aromatic rings. The molecule has 0 radical (unpaired) electrons. The van der Waals surface area contributed by atoms with Crippen LogP contribution in [0.5, 0.6) is 0 Å². The second kappa shape index (κ2) is 8.14. The maximum atomic E-state index is 12.3. The fraction of sp³-hybridized carbons (Fsp3) is 0.350. The molecule has 0 bridgehead atoms. The number of fused-ring (bicyclic) bond motifs is 1. The van der Waals surface area contributed by atoms with Crippen molar-refractivity contribution in [1.29, 1.82) is 5.26 Å². The molecule has 9 heteroatoms. The molecule has 0 saturated carbocycles. The van der Waals surface area contributed by atoms with E-state index in [9.17, 15) is 14.9 Å². The number of nitrogens with zero attached hydrogens (tertiary/aromatic N) is 5. The Morgan fingerprint density at radius 1 is 1.24 bits per heavy atom. The summed E-state index contributed by atoms with van der Waals surface area (Å²) in [5.41, 5.74) is 1.41. The molecule has 4 rings (SSSR count). The van der Waals surface area contributed by atoms with Gasteiger partial charge in [0.05, 0.1) is 5.52 Å². The summed E-state index contributed by atoms with van der Waals surface area (Å²) >= 11 is 0. The maximum absolute atomic E-state index is 12.3. The third-order valence-corrected chi connectivity index (χ3v) is 5.16. The lowest BCUT2D eigenvalue weighted by atomic mass is 9.96. The molecule has 1 aliphatic rings. The van der Waals surface area contributed by atoms with Crippen LogP contribution in [0.3, 0.4) is 0 Å². The molecule has 3 heterocycles. The second-order valence-corrected chi connectivity index (χ2v) is 7.00. The Balaban J connectivity index is 1.30. The van der Waals surface area contributed by atoms with Crippen LogP contribution in [0.4, 0.5) is 5.82 Å². The van der Waals surface area contributed by atoms with Gasteiger partial charge < -0.3 is 14.6 Å². The molecular weight excluding hydrogens is 372 g/mol. The van der Waals surface area contributed by atoms with E-state index < -0.39 is 5.76 Å². The number of amides is 1. The summed E-state index contributed by atoms with van der Waals surface area (Å²) in [7, 11) is 0. The molecule has 1 amide bonds. The fourth-order valence-electron chi connectivity index (χ4n) is 3.61. The SMILES string of the molecule is N#Cc1nccnc1N1CCC(CNC(=O)Cn2c(=O)oc3ccccc32)CC1. The number of carbonyl (C=O) groups is 1. The first kappa shape index (κ1) is 18.7. The van der Waals surface area contributed by atoms with E-state index in [0.717, 1.165) is 25.9 Å². The van der Waals surface area contributed by atoms with Crippen molar-refractivity contribution < 1.29 is 9.21 Å². The molecule has 0 spiro atoms. The summed E-state index contributed by atoms with van der Waals surface area (Å²) in [6.45, 7) is 1.97. The van der Waals surface area contributed by atoms with Crippen LogP contribution in [0.25, 0.3) is 11.1 Å². The summed E-state index contributed by atoms with van der Waals surface area (Å²) in [5.74, 6) is 0.188. The van der Waals surface area contributed by atoms with Gasteiger partial charge in [-0.05, 0) is 30.9 Å². The van der Waals surface area contributed by atoms with Crippen LogP contribution in [0.15, 0.2) is 45.9 Å². The zero-order chi connectivity index (χ0) is 20.2. The highest BCUT2D eigenvalue weighted by Gasteiger charge is 2.23. The van der Waals surface area contributed by atoms with Crippen LogP contribution in [0, 0.1) is 17.2 Å². The first-order valence-electron chi connectivity index (χ1n) is 9.47. The lowest BCUT2D eigenvalue weighted by Crippen LogP contribution is -2.40. The molecule has 148 valence electrons. The number of aromatic nitrogens is 3. The molecule has 29 heavy (non-hydrogen) atoms. The van der Waals surface area contributed by atoms with E-state index in [1.807, 2.05) is 0 Å². The van der Waals surface area contributed by atoms with E-state index in [0.29, 0.717) is 35.1 Å². The van der Waals surface area contributed by atoms with Gasteiger partial charge in [0.25, 0.3) is 0 Å². The molecule has 1 fully saturated rings. The zero-order valence-electron chi connectivity index (χ0n) is 15.7. The van der Waals surface area contributed by atoms with Gasteiger partial charge in [0.2, 0.25) is 5.91 Å². The minimum atomic E-state index is -0.535. The summed E-state index contributed by atoms with van der Waals surface area (Å²) in [6, 6.07) is 9.11. The average Bonchev–Trinajstić information content (AvgIpc) is 3.07. The third-order valence-electron chi connectivity index (χ3n) is 5.16. The zero-order valence-corrected chi connectivity index (χ0v) is 15.7. The molecule has 1 aromatic carbocycles. The fourth-order valence-corrected chi connectivity index (χ4v) is 3.61. The van der Waals surface area contributed by atoms with Gasteiger partial charge in [-0.1, -0.05) is 12.1 Å². The van der Waals surface area contributed by atoms with Crippen molar-refractivity contribution in [2.75, 3.05) is 24.5 Å². The molecule has 1 saturated heterocycles. The normalized spacial score (nSPS) is 14.7. The number of oxazole rings is 1. The number of nitrogens with one attached hydrogen (secondary N) is 1. The van der Waals surface area contributed by atoms with Gasteiger partial charge in [0, 0.05) is 32.0 Å². The van der Waals surface area contributed by atoms with Crippen molar-refractivity contribution in [3.8, 4) is 6.07 Å². The lowest BCUT2D eigenvalue weighted by molar-refractivity contribution is -0.121. The maximum Gasteiger partial charge on any atom is 0.420 e. The predicted molar refractivity (Wildman–Crippen MR) is 105 cm³/mol. The average molecular weight is 392 g/mol. The van der Waals surface area contributed by atoms with E-state index in [2.05, 4.69) is 26.3 Å². The first-order valence-corrected chi connectivity index (χ1v) is 9.47. The van der Waals surface area contributed by atoms with Crippen molar-refractivity contribution in [3.63, 3.8) is 0 Å². The first-order chi connectivity index (χ1) is 14.2. The number of hydrogen-bond donors (Lipinski definition) is 1. The molecule has 1 N–H and O–H groups in total. The van der Waals surface area contributed by atoms with Crippen molar-refractivity contribution in [3.05, 3.63) is 52.9 Å². The highest BCUT2D eigenvalue weighted by atomic mass is 16.4. The largest absolute Gasteiger partial charge is 0.420 e. The summed E-state index contributed by atoms with van der Waals surface area (Å²) in [4.78, 5) is 34.7. The van der Waals surface area contributed by atoms with Crippen LogP contribution in [0.1, 0.15) is 18.5 Å². The number of carbonyl (C=O) groups excluding carboxylic acids is 1. The van der Waals surface area contributed by atoms with Gasteiger partial charge in [0.15, 0.2) is 17.1 Å². The van der Waals surface area contributed by atoms with Crippen molar-refractivity contribution in [1.82, 2.24) is 19.9 Å². The van der Waals surface area contributed by atoms with Crippen LogP contribution in [-0.4, -0.2) is 40.1 Å². The number of hydrogen-bond acceptors (Lipinski definition) is 7. The van der Waals surface area contributed by atoms with E-state index in [1.165, 1.54) is 10.8 Å². The molecule has 9 nitrogen and oxygen atoms in total. The number of benzene rings is 1. The Hall–Kier alpha value is -3.67. The molecule has 2 aromatic heterocycles. The Morgan fingerprint density at radius 2 is 2.00 bits per heavy atom. The highest BCUT2D eigenvalue weighted by Crippen LogP contribution is 2.22. The molecule has 0 unspecified atom stereocenters. The van der Waals surface area contributed by atoms with Crippen molar-refractivity contribution in [2.45, 2.75) is 19.4 Å². The van der Waals surface area contributed by atoms with E-state index in [1.54, 1.807) is 30.5 Å². The standard InChI is InChI=1S/C20H20N6O3/c21-11-15-19(23-8-7-22-15)25-9-5-14(6-10-25)12-24-18(27)13-26-16-3-1-2-4-17(16)29-20(26)28/h1-4,7-8,14H,5-6,9-10,12-13H2,(H,24,27). The quantitative estimate of drug-likeness (QED) is 0.695. The number of piperidine rings is 1. The van der Waals surface area contributed by atoms with Crippen molar-refractivity contribution >= 4 is 22.8 Å². The van der Waals surface area contributed by atoms with Crippen molar-refractivity contribution in [2.24, 2.45) is 5.92 Å². The van der Waals surface area contributed by atoms with Crippen LogP contribution in [-0.2, 0) is 11.3 Å². The van der Waals surface area contributed by atoms with Gasteiger partial charge >= 0.3 is 5.76 Å². The number of para-hydroxylation sites is 2. The minimum Gasteiger partial charge on any atom is -0.408 e. The molecule has 0 atom stereocenters. The minimum absolute atomic E-state index is 0.0696. The second-order valence-electron chi connectivity index (χ2n) is 7.00. The van der Waals surface area contributed by atoms with Crippen LogP contribution in [0.2, 0.25) is 0 Å². The van der Waals surface area contributed by atoms with Crippen LogP contribution < -0.4 is 16.0 Å².